The van der Waals surface area contributed by atoms with Gasteiger partial charge < -0.3 is 10.3 Å². The summed E-state index contributed by atoms with van der Waals surface area (Å²) in [5.74, 6) is 0. The third kappa shape index (κ3) is 2.22. The molecule has 3 nitrogen and oxygen atoms in total. The molecule has 18 heavy (non-hydrogen) atoms. The summed E-state index contributed by atoms with van der Waals surface area (Å²) in [6, 6.07) is 8.30. The molecule has 1 aliphatic carbocycles. The smallest absolute Gasteiger partial charge is 0.0951 e. The van der Waals surface area contributed by atoms with Gasteiger partial charge in [0.15, 0.2) is 0 Å². The van der Waals surface area contributed by atoms with Gasteiger partial charge in [0.25, 0.3) is 0 Å². The van der Waals surface area contributed by atoms with Crippen LogP contribution in [0, 0.1) is 0 Å². The molecule has 2 N–H and O–H groups in total. The summed E-state index contributed by atoms with van der Waals surface area (Å²) in [6.07, 6.45) is 7.27. The van der Waals surface area contributed by atoms with Crippen LogP contribution in [0.5, 0.6) is 0 Å². The fourth-order valence-electron chi connectivity index (χ4n) is 2.44. The minimum atomic E-state index is -0.0230. The zero-order valence-corrected chi connectivity index (χ0v) is 11.7. The van der Waals surface area contributed by atoms with Crippen molar-refractivity contribution in [3.63, 3.8) is 0 Å². The summed E-state index contributed by atoms with van der Waals surface area (Å²) in [5, 5.41) is 0. The van der Waals surface area contributed by atoms with Crippen LogP contribution in [0.25, 0.3) is 11.3 Å². The van der Waals surface area contributed by atoms with Crippen LogP contribution in [0.3, 0.4) is 0 Å². The van der Waals surface area contributed by atoms with E-state index in [-0.39, 0.29) is 5.54 Å². The van der Waals surface area contributed by atoms with Crippen molar-refractivity contribution in [2.24, 2.45) is 5.73 Å². The van der Waals surface area contributed by atoms with Crippen LogP contribution >= 0.6 is 15.9 Å². The lowest BCUT2D eigenvalue weighted by Gasteiger charge is -2.38. The van der Waals surface area contributed by atoms with Crippen molar-refractivity contribution in [2.45, 2.75) is 31.3 Å². The third-order valence-corrected chi connectivity index (χ3v) is 4.22. The zero-order valence-electron chi connectivity index (χ0n) is 10.1. The van der Waals surface area contributed by atoms with Gasteiger partial charge in [-0.15, -0.1) is 0 Å². The predicted molar refractivity (Wildman–Crippen MR) is 76.1 cm³/mol. The van der Waals surface area contributed by atoms with Crippen LogP contribution in [-0.2, 0) is 6.54 Å². The van der Waals surface area contributed by atoms with E-state index in [2.05, 4.69) is 37.6 Å². The van der Waals surface area contributed by atoms with Crippen LogP contribution in [0.4, 0.5) is 0 Å². The molecule has 2 aromatic rings. The molecule has 0 bridgehead atoms. The number of hydrogen-bond acceptors (Lipinski definition) is 2. The van der Waals surface area contributed by atoms with E-state index in [1.807, 2.05) is 24.7 Å². The van der Waals surface area contributed by atoms with Gasteiger partial charge in [0.05, 0.1) is 18.2 Å². The molecule has 1 aromatic heterocycles. The van der Waals surface area contributed by atoms with Gasteiger partial charge in [-0.2, -0.15) is 0 Å². The van der Waals surface area contributed by atoms with E-state index < -0.39 is 0 Å². The quantitative estimate of drug-likeness (QED) is 0.946. The average Bonchev–Trinajstić information content (AvgIpc) is 2.76. The molecule has 0 aliphatic heterocycles. The van der Waals surface area contributed by atoms with Crippen molar-refractivity contribution >= 4 is 15.9 Å². The molecule has 0 amide bonds. The second-order valence-electron chi connectivity index (χ2n) is 5.13. The first kappa shape index (κ1) is 11.9. The minimum Gasteiger partial charge on any atom is -0.329 e. The molecule has 0 radical (unpaired) electrons. The Balaban J connectivity index is 1.89. The minimum absolute atomic E-state index is 0.0230. The fraction of sp³-hybridized carbons (Fsp3) is 0.357. The number of aromatic nitrogens is 2. The topological polar surface area (TPSA) is 43.8 Å². The number of nitrogens with zero attached hydrogens (tertiary/aromatic N) is 2. The maximum Gasteiger partial charge on any atom is 0.0951 e. The van der Waals surface area contributed by atoms with Gasteiger partial charge in [0.2, 0.25) is 0 Å². The Morgan fingerprint density at radius 3 is 2.61 bits per heavy atom. The van der Waals surface area contributed by atoms with E-state index in [1.54, 1.807) is 0 Å². The number of rotatable bonds is 3. The van der Waals surface area contributed by atoms with Gasteiger partial charge in [-0.25, -0.2) is 4.98 Å². The van der Waals surface area contributed by atoms with E-state index in [4.69, 9.17) is 5.73 Å². The van der Waals surface area contributed by atoms with Gasteiger partial charge in [-0.05, 0) is 37.0 Å². The number of benzene rings is 1. The highest BCUT2D eigenvalue weighted by molar-refractivity contribution is 9.10. The van der Waals surface area contributed by atoms with Gasteiger partial charge in [0.1, 0.15) is 0 Å². The monoisotopic (exact) mass is 305 g/mol. The van der Waals surface area contributed by atoms with Crippen LogP contribution in [-0.4, -0.2) is 15.1 Å². The van der Waals surface area contributed by atoms with Gasteiger partial charge in [0, 0.05) is 16.6 Å². The standard InChI is InChI=1S/C14H16BrN3/c15-12-4-2-11(3-5-12)13-8-17-10-18(13)9-14(16)6-1-7-14/h2-5,8,10H,1,6-7,9,16H2. The molecule has 1 aliphatic rings. The summed E-state index contributed by atoms with van der Waals surface area (Å²) in [4.78, 5) is 4.26. The number of nitrogens with two attached hydrogens (primary N) is 1. The van der Waals surface area contributed by atoms with E-state index in [9.17, 15) is 0 Å². The van der Waals surface area contributed by atoms with Gasteiger partial charge >= 0.3 is 0 Å². The van der Waals surface area contributed by atoms with Crippen LogP contribution < -0.4 is 5.73 Å². The lowest BCUT2D eigenvalue weighted by atomic mass is 9.77. The SMILES string of the molecule is NC1(Cn2cncc2-c2ccc(Br)cc2)CCC1. The van der Waals surface area contributed by atoms with Crippen molar-refractivity contribution < 1.29 is 0 Å². The second-order valence-corrected chi connectivity index (χ2v) is 6.05. The lowest BCUT2D eigenvalue weighted by molar-refractivity contribution is 0.216. The third-order valence-electron chi connectivity index (χ3n) is 3.69. The molecule has 0 atom stereocenters. The van der Waals surface area contributed by atoms with Gasteiger partial charge in [-0.1, -0.05) is 28.1 Å². The number of halogens is 1. The molecule has 0 unspecified atom stereocenters. The van der Waals surface area contributed by atoms with E-state index in [0.29, 0.717) is 0 Å². The summed E-state index contributed by atoms with van der Waals surface area (Å²) in [7, 11) is 0. The summed E-state index contributed by atoms with van der Waals surface area (Å²) < 4.78 is 3.26. The van der Waals surface area contributed by atoms with Crippen molar-refractivity contribution in [3.8, 4) is 11.3 Å². The highest BCUT2D eigenvalue weighted by Crippen LogP contribution is 2.32. The Labute approximate surface area is 115 Å². The van der Waals surface area contributed by atoms with E-state index >= 15 is 0 Å². The first-order chi connectivity index (χ1) is 8.66. The number of imidazole rings is 1. The maximum absolute atomic E-state index is 6.31. The molecular weight excluding hydrogens is 290 g/mol. The fourth-order valence-corrected chi connectivity index (χ4v) is 2.70. The van der Waals surface area contributed by atoms with Crippen molar-refractivity contribution in [3.05, 3.63) is 41.3 Å². The largest absolute Gasteiger partial charge is 0.329 e. The van der Waals surface area contributed by atoms with E-state index in [1.165, 1.54) is 12.0 Å². The molecule has 0 spiro atoms. The van der Waals surface area contributed by atoms with Gasteiger partial charge in [-0.3, -0.25) is 0 Å². The lowest BCUT2D eigenvalue weighted by Crippen LogP contribution is -2.49. The Kier molecular flexibility index (Phi) is 2.99. The van der Waals surface area contributed by atoms with Crippen LogP contribution in [0.15, 0.2) is 41.3 Å². The summed E-state index contributed by atoms with van der Waals surface area (Å²) in [5.41, 5.74) is 8.60. The number of hydrogen-bond donors (Lipinski definition) is 1. The zero-order chi connectivity index (χ0) is 12.6. The highest BCUT2D eigenvalue weighted by atomic mass is 79.9. The van der Waals surface area contributed by atoms with E-state index in [0.717, 1.165) is 29.6 Å². The van der Waals surface area contributed by atoms with Crippen LogP contribution in [0.1, 0.15) is 19.3 Å². The summed E-state index contributed by atoms with van der Waals surface area (Å²) >= 11 is 3.45. The van der Waals surface area contributed by atoms with Crippen molar-refractivity contribution in [2.75, 3.05) is 0 Å². The second kappa shape index (κ2) is 4.52. The molecule has 0 saturated heterocycles. The molecule has 1 aromatic carbocycles. The predicted octanol–water partition coefficient (Wildman–Crippen LogP) is 3.19. The Morgan fingerprint density at radius 2 is 2.00 bits per heavy atom. The Hall–Kier alpha value is -1.13. The maximum atomic E-state index is 6.31. The molecule has 1 saturated carbocycles. The Bertz CT molecular complexity index is 540. The molecule has 4 heteroatoms. The first-order valence-electron chi connectivity index (χ1n) is 6.21. The first-order valence-corrected chi connectivity index (χ1v) is 7.01. The highest BCUT2D eigenvalue weighted by Gasteiger charge is 2.33. The Morgan fingerprint density at radius 1 is 1.28 bits per heavy atom. The molecule has 94 valence electrons. The van der Waals surface area contributed by atoms with Crippen LogP contribution in [0.2, 0.25) is 0 Å². The van der Waals surface area contributed by atoms with Crippen molar-refractivity contribution in [1.29, 1.82) is 0 Å². The molecule has 3 rings (SSSR count). The molecule has 1 heterocycles. The van der Waals surface area contributed by atoms with Crippen molar-refractivity contribution in [1.82, 2.24) is 9.55 Å². The average molecular weight is 306 g/mol. The molecule has 1 fully saturated rings. The summed E-state index contributed by atoms with van der Waals surface area (Å²) in [6.45, 7) is 0.860. The normalized spacial score (nSPS) is 17.4. The molecular formula is C14H16BrN3.